The zero-order valence-electron chi connectivity index (χ0n) is 39.4. The van der Waals surface area contributed by atoms with Crippen molar-refractivity contribution in [3.8, 4) is 0 Å². The molecule has 7 amide bonds. The van der Waals surface area contributed by atoms with Gasteiger partial charge in [0.15, 0.2) is 0 Å². The van der Waals surface area contributed by atoms with Crippen molar-refractivity contribution in [1.29, 1.82) is 0 Å². The predicted molar refractivity (Wildman–Crippen MR) is 259 cm³/mol. The average Bonchev–Trinajstić information content (AvgIpc) is 4.00. The lowest BCUT2D eigenvalue weighted by molar-refractivity contribution is -0.146. The summed E-state index contributed by atoms with van der Waals surface area (Å²) in [4.78, 5) is 71.5. The lowest BCUT2D eigenvalue weighted by atomic mass is 9.88. The Morgan fingerprint density at radius 2 is 1.24 bits per heavy atom. The molecule has 0 saturated carbocycles. The maximum Gasteiger partial charge on any atom is 0.322 e. The summed E-state index contributed by atoms with van der Waals surface area (Å²) in [6.45, 7) is 6.21. The second kappa shape index (κ2) is 20.3. The van der Waals surface area contributed by atoms with Crippen LogP contribution in [-0.2, 0) is 50.6 Å². The van der Waals surface area contributed by atoms with Crippen molar-refractivity contribution in [1.82, 2.24) is 29.6 Å². The number of carbonyl (C=O) groups is 5. The molecule has 70 heavy (non-hydrogen) atoms. The molecule has 0 bridgehead atoms. The normalized spacial score (nSPS) is 17.0. The van der Waals surface area contributed by atoms with E-state index >= 15 is 0 Å². The lowest BCUT2D eigenvalue weighted by Crippen LogP contribution is -2.57. The molecule has 1 unspecified atom stereocenters. The number of nitrogens with zero attached hydrogens (tertiary/aromatic N) is 4. The van der Waals surface area contributed by atoms with Gasteiger partial charge in [-0.25, -0.2) is 31.5 Å². The number of nitrogens with one attached hydrogen (secondary N) is 4. The average molecular weight is 981 g/mol. The van der Waals surface area contributed by atoms with Gasteiger partial charge < -0.3 is 40.7 Å². The highest BCUT2D eigenvalue weighted by Gasteiger charge is 2.38. The Bertz CT molecular complexity index is 2810. The number of urea groups is 2. The van der Waals surface area contributed by atoms with Crippen molar-refractivity contribution in [3.05, 3.63) is 136 Å². The second-order valence-electron chi connectivity index (χ2n) is 19.3. The monoisotopic (exact) mass is 980 g/mol. The van der Waals surface area contributed by atoms with E-state index in [1.807, 2.05) is 48.5 Å². The first-order valence-electron chi connectivity index (χ1n) is 23.4. The number of aliphatic hydroxyl groups is 1. The van der Waals surface area contributed by atoms with Gasteiger partial charge in [-0.2, -0.15) is 0 Å². The first-order chi connectivity index (χ1) is 33.2. The summed E-state index contributed by atoms with van der Waals surface area (Å²) in [6, 6.07) is 23.7. The summed E-state index contributed by atoms with van der Waals surface area (Å²) in [6.07, 6.45) is 3.29. The molecule has 0 spiro atoms. The van der Waals surface area contributed by atoms with Gasteiger partial charge in [0.1, 0.15) is 17.2 Å². The van der Waals surface area contributed by atoms with Crippen LogP contribution in [0.2, 0.25) is 0 Å². The molecule has 16 nitrogen and oxygen atoms in total. The van der Waals surface area contributed by atoms with Gasteiger partial charge in [0.05, 0.1) is 24.4 Å². The van der Waals surface area contributed by atoms with Gasteiger partial charge >= 0.3 is 23.9 Å². The molecule has 0 aliphatic carbocycles. The predicted octanol–water partition coefficient (Wildman–Crippen LogP) is 6.04. The Morgan fingerprint density at radius 1 is 0.700 bits per heavy atom. The van der Waals surface area contributed by atoms with Gasteiger partial charge in [-0.3, -0.25) is 14.4 Å². The Morgan fingerprint density at radius 3 is 1.76 bits per heavy atom. The van der Waals surface area contributed by atoms with Crippen LogP contribution in [-0.4, -0.2) is 113 Å². The minimum atomic E-state index is -4.10. The number of sulfonamides is 1. The van der Waals surface area contributed by atoms with E-state index in [2.05, 4.69) is 20.7 Å². The minimum Gasteiger partial charge on any atom is -0.388 e. The molecule has 1 fully saturated rings. The Hall–Kier alpha value is -6.70. The first kappa shape index (κ1) is 49.7. The van der Waals surface area contributed by atoms with Crippen LogP contribution in [0.5, 0.6) is 0 Å². The van der Waals surface area contributed by atoms with Crippen molar-refractivity contribution in [3.63, 3.8) is 0 Å². The van der Waals surface area contributed by atoms with Crippen LogP contribution < -0.4 is 20.7 Å². The number of benzene rings is 4. The fourth-order valence-electron chi connectivity index (χ4n) is 9.40. The minimum absolute atomic E-state index is 0.141. The second-order valence-corrected chi connectivity index (χ2v) is 21.1. The van der Waals surface area contributed by atoms with Crippen LogP contribution in [0.25, 0.3) is 5.57 Å². The van der Waals surface area contributed by atoms with Gasteiger partial charge in [0.2, 0.25) is 15.9 Å². The van der Waals surface area contributed by atoms with E-state index in [9.17, 15) is 46.3 Å². The van der Waals surface area contributed by atoms with Gasteiger partial charge in [0.25, 0.3) is 0 Å². The van der Waals surface area contributed by atoms with E-state index in [-0.39, 0.29) is 62.2 Å². The number of carbonyl (C=O) groups excluding carboxylic acids is 5. The Balaban J connectivity index is 0.731. The number of fused-ring (bicyclic) bond motifs is 2. The summed E-state index contributed by atoms with van der Waals surface area (Å²) in [7, 11) is -4.10. The van der Waals surface area contributed by atoms with Crippen LogP contribution in [0, 0.1) is 11.6 Å². The summed E-state index contributed by atoms with van der Waals surface area (Å²) in [5.74, 6) is -3.19. The number of rotatable bonds is 12. The number of hydrogen-bond acceptors (Lipinski definition) is 8. The van der Waals surface area contributed by atoms with Gasteiger partial charge in [-0.1, -0.05) is 54.6 Å². The third kappa shape index (κ3) is 11.7. The van der Waals surface area contributed by atoms with E-state index in [0.717, 1.165) is 27.8 Å². The van der Waals surface area contributed by atoms with E-state index in [1.165, 1.54) is 42.7 Å². The smallest absolute Gasteiger partial charge is 0.322 e. The van der Waals surface area contributed by atoms with Crippen LogP contribution in [0.4, 0.5) is 29.7 Å². The molecular formula is C51H58F2N8O8S. The third-order valence-electron chi connectivity index (χ3n) is 13.5. The fraction of sp³-hybridized carbons (Fsp3) is 0.392. The van der Waals surface area contributed by atoms with Crippen LogP contribution in [0.1, 0.15) is 85.8 Å². The molecule has 4 aliphatic rings. The largest absolute Gasteiger partial charge is 0.388 e. The standard InChI is InChI=1S/C51H58F2N8O8S/c1-50(2,47(64)59-25-20-36(21-26-59)34-12-16-40(17-13-34)56-49(66)61-29-38-7-5-9-44(53)42(38)31-61)57-70(68,69)27-22-51(3,67)32-54-45(62)46(63)58-23-18-35(19-24-58)33-10-14-39(15-11-33)55-48(65)60-28-37-6-4-8-43(52)41(37)30-60/h4-18,36,57,67H,19-32H2,1-3H3,(H,54,62)(H,55,65)(H,56,66). The summed E-state index contributed by atoms with van der Waals surface area (Å²) in [5.41, 5.74) is 3.48. The van der Waals surface area contributed by atoms with Gasteiger partial charge in [-0.05, 0) is 117 Å². The summed E-state index contributed by atoms with van der Waals surface area (Å²) < 4.78 is 57.4. The fourth-order valence-corrected chi connectivity index (χ4v) is 11.1. The lowest BCUT2D eigenvalue weighted by Gasteiger charge is -2.37. The van der Waals surface area contributed by atoms with Crippen LogP contribution in [0.3, 0.4) is 0 Å². The molecule has 0 radical (unpaired) electrons. The number of piperidine rings is 1. The van der Waals surface area contributed by atoms with E-state index in [4.69, 9.17) is 0 Å². The van der Waals surface area contributed by atoms with Crippen molar-refractivity contribution in [2.45, 2.75) is 89.7 Å². The Kier molecular flexibility index (Phi) is 14.4. The van der Waals surface area contributed by atoms with E-state index < -0.39 is 51.2 Å². The maximum absolute atomic E-state index is 14.2. The summed E-state index contributed by atoms with van der Waals surface area (Å²) >= 11 is 0. The zero-order chi connectivity index (χ0) is 50.0. The number of hydrogen-bond donors (Lipinski definition) is 5. The SMILES string of the molecule is CC(O)(CCS(=O)(=O)NC(C)(C)C(=O)N1CCC(c2ccc(NC(=O)N3Cc4cccc(F)c4C3)cc2)CC1)CNC(=O)C(=O)N1CC=C(c2ccc(NC(=O)N3Cc4cccc(F)c4C3)cc2)CC1. The highest BCUT2D eigenvalue weighted by molar-refractivity contribution is 7.89. The van der Waals surface area contributed by atoms with E-state index in [1.54, 1.807) is 40.1 Å². The maximum atomic E-state index is 14.2. The topological polar surface area (TPSA) is 201 Å². The molecule has 1 atom stereocenters. The quantitative estimate of drug-likeness (QED) is 0.106. The molecule has 19 heteroatoms. The van der Waals surface area contributed by atoms with Crippen LogP contribution >= 0.6 is 0 Å². The number of anilines is 2. The highest BCUT2D eigenvalue weighted by atomic mass is 32.2. The molecule has 370 valence electrons. The number of amides is 7. The molecule has 4 aromatic rings. The van der Waals surface area contributed by atoms with Crippen LogP contribution in [0.15, 0.2) is 91.0 Å². The molecule has 0 aromatic heterocycles. The number of likely N-dealkylation sites (tertiary alicyclic amines) is 1. The first-order valence-corrected chi connectivity index (χ1v) is 25.0. The van der Waals surface area contributed by atoms with E-state index in [0.29, 0.717) is 67.9 Å². The van der Waals surface area contributed by atoms with Gasteiger partial charge in [-0.15, -0.1) is 0 Å². The number of halogens is 2. The van der Waals surface area contributed by atoms with Crippen molar-refractivity contribution in [2.24, 2.45) is 0 Å². The van der Waals surface area contributed by atoms with Gasteiger partial charge in [0, 0.05) is 68.3 Å². The third-order valence-corrected chi connectivity index (χ3v) is 15.1. The molecule has 1 saturated heterocycles. The van der Waals surface area contributed by atoms with Crippen molar-refractivity contribution < 1.29 is 46.3 Å². The zero-order valence-corrected chi connectivity index (χ0v) is 40.2. The summed E-state index contributed by atoms with van der Waals surface area (Å²) in [5, 5.41) is 19.2. The molecule has 8 rings (SSSR count). The highest BCUT2D eigenvalue weighted by Crippen LogP contribution is 2.32. The molecular weight excluding hydrogens is 923 g/mol. The van der Waals surface area contributed by atoms with Crippen molar-refractivity contribution in [2.75, 3.05) is 49.1 Å². The van der Waals surface area contributed by atoms with Crippen molar-refractivity contribution >= 4 is 56.8 Å². The molecule has 4 aromatic carbocycles. The molecule has 4 heterocycles. The molecule has 5 N–H and O–H groups in total. The Labute approximate surface area is 406 Å². The molecule has 4 aliphatic heterocycles.